The van der Waals surface area contributed by atoms with Crippen molar-refractivity contribution >= 4 is 11.9 Å². The number of hydrogen-bond donors (Lipinski definition) is 3. The number of nitrogens with one attached hydrogen (secondary N) is 2. The second kappa shape index (κ2) is 10.7. The number of guanidine groups is 1. The van der Waals surface area contributed by atoms with Crippen LogP contribution in [0.15, 0.2) is 39.7 Å². The highest BCUT2D eigenvalue weighted by molar-refractivity contribution is 5.80. The summed E-state index contributed by atoms with van der Waals surface area (Å²) in [4.78, 5) is 19.1. The first kappa shape index (κ1) is 23.9. The van der Waals surface area contributed by atoms with Gasteiger partial charge in [-0.1, -0.05) is 24.3 Å². The van der Waals surface area contributed by atoms with Crippen molar-refractivity contribution < 1.29 is 14.3 Å². The maximum atomic E-state index is 12.6. The van der Waals surface area contributed by atoms with E-state index >= 15 is 0 Å². The Morgan fingerprint density at radius 2 is 2.00 bits per heavy atom. The molecule has 0 spiro atoms. The predicted molar refractivity (Wildman–Crippen MR) is 127 cm³/mol. The molecule has 2 aromatic rings. The lowest BCUT2D eigenvalue weighted by Crippen LogP contribution is -2.40. The second-order valence-corrected chi connectivity index (χ2v) is 8.66. The Bertz CT molecular complexity index is 948. The average molecular weight is 441 g/mol. The number of carbonyl (C=O) groups excluding carboxylic acids is 1. The number of furan rings is 1. The van der Waals surface area contributed by atoms with Crippen LogP contribution in [0.2, 0.25) is 0 Å². The molecular formula is C25H36N4O3. The lowest BCUT2D eigenvalue weighted by atomic mass is 9.96. The molecule has 3 N–H and O–H groups in total. The molecule has 32 heavy (non-hydrogen) atoms. The molecule has 2 heterocycles. The van der Waals surface area contributed by atoms with E-state index in [2.05, 4.69) is 33.8 Å². The van der Waals surface area contributed by atoms with Crippen molar-refractivity contribution in [1.82, 2.24) is 15.5 Å². The summed E-state index contributed by atoms with van der Waals surface area (Å²) in [5.41, 5.74) is 2.23. The van der Waals surface area contributed by atoms with E-state index in [4.69, 9.17) is 4.42 Å². The van der Waals surface area contributed by atoms with Crippen LogP contribution in [0.3, 0.4) is 0 Å². The third-order valence-electron chi connectivity index (χ3n) is 5.85. The van der Waals surface area contributed by atoms with Crippen molar-refractivity contribution in [1.29, 1.82) is 0 Å². The van der Waals surface area contributed by atoms with Gasteiger partial charge in [-0.25, -0.2) is 4.99 Å². The summed E-state index contributed by atoms with van der Waals surface area (Å²) in [6.07, 6.45) is 2.14. The van der Waals surface area contributed by atoms with Crippen LogP contribution in [-0.4, -0.2) is 48.1 Å². The molecule has 0 bridgehead atoms. The standard InChI is InChI=1S/C25H36N4O3/c1-5-26-24(28-17-25(4,31)22-15-18(2)32-19(22)3)27-13-8-11-23(30)29-14-12-20-9-6-7-10-21(20)16-29/h6-7,9-10,15,31H,5,8,11-14,16-17H2,1-4H3,(H2,26,27,28). The molecule has 1 atom stereocenters. The number of carbonyl (C=O) groups is 1. The number of hydrogen-bond acceptors (Lipinski definition) is 4. The van der Waals surface area contributed by atoms with Gasteiger partial charge in [0.15, 0.2) is 5.96 Å². The minimum atomic E-state index is -1.12. The molecule has 0 fully saturated rings. The molecule has 1 amide bonds. The predicted octanol–water partition coefficient (Wildman–Crippen LogP) is 3.02. The molecule has 1 unspecified atom stereocenters. The summed E-state index contributed by atoms with van der Waals surface area (Å²) in [6.45, 7) is 10.5. The molecule has 7 heteroatoms. The van der Waals surface area contributed by atoms with Crippen molar-refractivity contribution in [2.24, 2.45) is 4.99 Å². The molecule has 3 rings (SSSR count). The van der Waals surface area contributed by atoms with E-state index < -0.39 is 5.60 Å². The summed E-state index contributed by atoms with van der Waals surface area (Å²) in [5.74, 6) is 2.30. The Kier molecular flexibility index (Phi) is 7.96. The van der Waals surface area contributed by atoms with Crippen molar-refractivity contribution in [3.8, 4) is 0 Å². The van der Waals surface area contributed by atoms with Crippen LogP contribution in [0.25, 0.3) is 0 Å². The van der Waals surface area contributed by atoms with Crippen LogP contribution in [-0.2, 0) is 23.4 Å². The molecule has 0 radical (unpaired) electrons. The van der Waals surface area contributed by atoms with E-state index in [1.165, 1.54) is 11.1 Å². The second-order valence-electron chi connectivity index (χ2n) is 8.66. The monoisotopic (exact) mass is 440 g/mol. The topological polar surface area (TPSA) is 90.1 Å². The lowest BCUT2D eigenvalue weighted by Gasteiger charge is -2.29. The molecule has 1 aromatic heterocycles. The summed E-state index contributed by atoms with van der Waals surface area (Å²) in [7, 11) is 0. The van der Waals surface area contributed by atoms with E-state index in [1.54, 1.807) is 6.92 Å². The number of aliphatic imine (C=N–C) groups is 1. The summed E-state index contributed by atoms with van der Waals surface area (Å²) in [5, 5.41) is 17.4. The van der Waals surface area contributed by atoms with Gasteiger partial charge in [0.05, 0.1) is 6.54 Å². The summed E-state index contributed by atoms with van der Waals surface area (Å²) >= 11 is 0. The Morgan fingerprint density at radius 1 is 1.25 bits per heavy atom. The number of aliphatic hydroxyl groups is 1. The molecule has 0 saturated heterocycles. The molecule has 0 saturated carbocycles. The van der Waals surface area contributed by atoms with Crippen LogP contribution in [0, 0.1) is 13.8 Å². The number of amides is 1. The maximum absolute atomic E-state index is 12.6. The average Bonchev–Trinajstić information content (AvgIpc) is 3.13. The highest BCUT2D eigenvalue weighted by Gasteiger charge is 2.27. The van der Waals surface area contributed by atoms with E-state index in [-0.39, 0.29) is 12.5 Å². The van der Waals surface area contributed by atoms with Gasteiger partial charge in [-0.05, 0) is 57.7 Å². The van der Waals surface area contributed by atoms with Crippen molar-refractivity contribution in [3.05, 3.63) is 58.5 Å². The Hall–Kier alpha value is -2.80. The first-order chi connectivity index (χ1) is 15.3. The minimum absolute atomic E-state index is 0.192. The summed E-state index contributed by atoms with van der Waals surface area (Å²) < 4.78 is 5.55. The van der Waals surface area contributed by atoms with Crippen molar-refractivity contribution in [2.45, 2.75) is 59.1 Å². The quantitative estimate of drug-likeness (QED) is 0.334. The van der Waals surface area contributed by atoms with Crippen LogP contribution < -0.4 is 10.6 Å². The van der Waals surface area contributed by atoms with Crippen LogP contribution in [0.4, 0.5) is 0 Å². The number of benzene rings is 1. The Labute approximate surface area is 190 Å². The van der Waals surface area contributed by atoms with Gasteiger partial charge in [-0.15, -0.1) is 0 Å². The number of fused-ring (bicyclic) bond motifs is 1. The smallest absolute Gasteiger partial charge is 0.222 e. The van der Waals surface area contributed by atoms with Crippen LogP contribution >= 0.6 is 0 Å². The number of nitrogens with zero attached hydrogens (tertiary/aromatic N) is 2. The highest BCUT2D eigenvalue weighted by atomic mass is 16.3. The Balaban J connectivity index is 1.47. The molecule has 7 nitrogen and oxygen atoms in total. The van der Waals surface area contributed by atoms with Gasteiger partial charge in [0.1, 0.15) is 17.1 Å². The molecular weight excluding hydrogens is 404 g/mol. The zero-order valence-electron chi connectivity index (χ0n) is 19.7. The summed E-state index contributed by atoms with van der Waals surface area (Å²) in [6, 6.07) is 10.2. The highest BCUT2D eigenvalue weighted by Crippen LogP contribution is 2.27. The van der Waals surface area contributed by atoms with Crippen LogP contribution in [0.1, 0.15) is 54.9 Å². The van der Waals surface area contributed by atoms with Gasteiger partial charge in [-0.2, -0.15) is 0 Å². The number of aryl methyl sites for hydroxylation is 2. The first-order valence-electron chi connectivity index (χ1n) is 11.5. The Morgan fingerprint density at radius 3 is 2.69 bits per heavy atom. The van der Waals surface area contributed by atoms with Gasteiger partial charge >= 0.3 is 0 Å². The fourth-order valence-corrected chi connectivity index (χ4v) is 4.14. The van der Waals surface area contributed by atoms with Crippen molar-refractivity contribution in [2.75, 3.05) is 26.2 Å². The molecule has 1 aliphatic heterocycles. The van der Waals surface area contributed by atoms with Crippen LogP contribution in [0.5, 0.6) is 0 Å². The fraction of sp³-hybridized carbons (Fsp3) is 0.520. The van der Waals surface area contributed by atoms with Gasteiger partial charge < -0.3 is 25.1 Å². The molecule has 0 aliphatic carbocycles. The van der Waals surface area contributed by atoms with Crippen molar-refractivity contribution in [3.63, 3.8) is 0 Å². The fourth-order valence-electron chi connectivity index (χ4n) is 4.14. The van der Waals surface area contributed by atoms with Gasteiger partial charge in [0, 0.05) is 38.2 Å². The third-order valence-corrected chi connectivity index (χ3v) is 5.85. The zero-order valence-corrected chi connectivity index (χ0v) is 19.7. The van der Waals surface area contributed by atoms with E-state index in [9.17, 15) is 9.90 Å². The minimum Gasteiger partial charge on any atom is -0.466 e. The largest absolute Gasteiger partial charge is 0.466 e. The maximum Gasteiger partial charge on any atom is 0.222 e. The normalized spacial score (nSPS) is 15.8. The van der Waals surface area contributed by atoms with E-state index in [1.807, 2.05) is 37.8 Å². The van der Waals surface area contributed by atoms with E-state index in [0.717, 1.165) is 30.7 Å². The third kappa shape index (κ3) is 6.13. The first-order valence-corrected chi connectivity index (χ1v) is 11.5. The molecule has 174 valence electrons. The lowest BCUT2D eigenvalue weighted by molar-refractivity contribution is -0.132. The van der Waals surface area contributed by atoms with Gasteiger partial charge in [0.2, 0.25) is 5.91 Å². The SMILES string of the molecule is CCNC(=NCC(C)(O)c1cc(C)oc1C)NCCCC(=O)N1CCc2ccccc2C1. The molecule has 1 aromatic carbocycles. The molecule has 1 aliphatic rings. The van der Waals surface area contributed by atoms with E-state index in [0.29, 0.717) is 37.8 Å². The van der Waals surface area contributed by atoms with Gasteiger partial charge in [-0.3, -0.25) is 4.79 Å². The zero-order chi connectivity index (χ0) is 23.1. The number of rotatable bonds is 8. The van der Waals surface area contributed by atoms with Gasteiger partial charge in [0.25, 0.3) is 0 Å².